The van der Waals surface area contributed by atoms with Crippen LogP contribution in [0.4, 0.5) is 18.9 Å². The van der Waals surface area contributed by atoms with E-state index in [9.17, 15) is 23.3 Å². The molecule has 0 aliphatic heterocycles. The molecule has 0 saturated carbocycles. The van der Waals surface area contributed by atoms with Crippen molar-refractivity contribution in [2.45, 2.75) is 19.7 Å². The molecule has 7 heteroatoms. The van der Waals surface area contributed by atoms with Crippen LogP contribution in [0.1, 0.15) is 16.7 Å². The quantitative estimate of drug-likeness (QED) is 0.632. The molecule has 1 N–H and O–H groups in total. The molecule has 0 spiro atoms. The van der Waals surface area contributed by atoms with Crippen molar-refractivity contribution in [2.75, 3.05) is 0 Å². The second kappa shape index (κ2) is 4.09. The van der Waals surface area contributed by atoms with Gasteiger partial charge < -0.3 is 5.11 Å². The van der Waals surface area contributed by atoms with Crippen LogP contribution in [0.2, 0.25) is 0 Å². The summed E-state index contributed by atoms with van der Waals surface area (Å²) in [5, 5.41) is 19.2. The van der Waals surface area contributed by atoms with Crippen molar-refractivity contribution in [3.05, 3.63) is 38.9 Å². The van der Waals surface area contributed by atoms with Gasteiger partial charge in [-0.05, 0) is 18.6 Å². The first-order valence-electron chi connectivity index (χ1n) is 4.23. The van der Waals surface area contributed by atoms with Crippen LogP contribution < -0.4 is 0 Å². The van der Waals surface area contributed by atoms with Crippen molar-refractivity contribution in [3.63, 3.8) is 0 Å². The molecule has 0 aliphatic rings. The Morgan fingerprint density at radius 3 is 2.38 bits per heavy atom. The molecule has 1 aromatic rings. The maximum absolute atomic E-state index is 12.5. The Morgan fingerprint density at radius 2 is 2.00 bits per heavy atom. The summed E-state index contributed by atoms with van der Waals surface area (Å²) in [4.78, 5) is 9.59. The van der Waals surface area contributed by atoms with E-state index in [1.54, 1.807) is 0 Å². The van der Waals surface area contributed by atoms with Crippen LogP contribution >= 0.6 is 0 Å². The fourth-order valence-corrected chi connectivity index (χ4v) is 1.35. The Hall–Kier alpha value is -1.63. The molecule has 0 unspecified atom stereocenters. The summed E-state index contributed by atoms with van der Waals surface area (Å²) < 4.78 is 37.4. The molecule has 4 nitrogen and oxygen atoms in total. The molecule has 0 aromatic heterocycles. The van der Waals surface area contributed by atoms with Gasteiger partial charge in [0.05, 0.1) is 17.1 Å². The van der Waals surface area contributed by atoms with Gasteiger partial charge in [-0.3, -0.25) is 10.1 Å². The van der Waals surface area contributed by atoms with E-state index in [1.165, 1.54) is 6.92 Å². The SMILES string of the molecule is Cc1cc(CO)c(C(F)(F)F)cc1[N+](=O)[O-]. The fourth-order valence-electron chi connectivity index (χ4n) is 1.35. The molecule has 0 fully saturated rings. The maximum Gasteiger partial charge on any atom is 0.417 e. The van der Waals surface area contributed by atoms with Crippen molar-refractivity contribution in [1.29, 1.82) is 0 Å². The summed E-state index contributed by atoms with van der Waals surface area (Å²) in [7, 11) is 0. The van der Waals surface area contributed by atoms with Gasteiger partial charge in [0.1, 0.15) is 0 Å². The number of hydrogen-bond acceptors (Lipinski definition) is 3. The minimum absolute atomic E-state index is 0.0852. The zero-order chi connectivity index (χ0) is 12.5. The van der Waals surface area contributed by atoms with Gasteiger partial charge in [0, 0.05) is 11.6 Å². The van der Waals surface area contributed by atoms with Crippen LogP contribution in [0, 0.1) is 17.0 Å². The molecule has 1 aromatic carbocycles. The number of alkyl halides is 3. The number of nitro benzene ring substituents is 1. The first-order valence-corrected chi connectivity index (χ1v) is 4.23. The average molecular weight is 235 g/mol. The third-order valence-electron chi connectivity index (χ3n) is 2.09. The molecular weight excluding hydrogens is 227 g/mol. The molecular formula is C9H8F3NO3. The van der Waals surface area contributed by atoms with Crippen molar-refractivity contribution in [1.82, 2.24) is 0 Å². The normalized spacial score (nSPS) is 11.6. The van der Waals surface area contributed by atoms with Crippen molar-refractivity contribution in [3.8, 4) is 0 Å². The van der Waals surface area contributed by atoms with E-state index in [0.717, 1.165) is 6.07 Å². The highest BCUT2D eigenvalue weighted by atomic mass is 19.4. The predicted octanol–water partition coefficient (Wildman–Crippen LogP) is 2.41. The molecule has 0 bridgehead atoms. The molecule has 88 valence electrons. The standard InChI is InChI=1S/C9H8F3NO3/c1-5-2-6(4-14)7(9(10,11)12)3-8(5)13(15)16/h2-3,14H,4H2,1H3. The topological polar surface area (TPSA) is 63.4 Å². The summed E-state index contributed by atoms with van der Waals surface area (Å²) >= 11 is 0. The van der Waals surface area contributed by atoms with Crippen molar-refractivity contribution >= 4 is 5.69 Å². The minimum Gasteiger partial charge on any atom is -0.392 e. The summed E-state index contributed by atoms with van der Waals surface area (Å²) in [5.41, 5.74) is -2.06. The lowest BCUT2D eigenvalue weighted by atomic mass is 10.0. The molecule has 0 atom stereocenters. The largest absolute Gasteiger partial charge is 0.417 e. The number of aliphatic hydroxyl groups excluding tert-OH is 1. The van der Waals surface area contributed by atoms with Gasteiger partial charge in [-0.15, -0.1) is 0 Å². The third-order valence-corrected chi connectivity index (χ3v) is 2.09. The second-order valence-electron chi connectivity index (χ2n) is 3.21. The number of benzene rings is 1. The van der Waals surface area contributed by atoms with Crippen LogP contribution in [-0.2, 0) is 12.8 Å². The van der Waals surface area contributed by atoms with E-state index in [2.05, 4.69) is 0 Å². The smallest absolute Gasteiger partial charge is 0.392 e. The van der Waals surface area contributed by atoms with Gasteiger partial charge in [0.25, 0.3) is 5.69 Å². The van der Waals surface area contributed by atoms with Crippen molar-refractivity contribution in [2.24, 2.45) is 0 Å². The van der Waals surface area contributed by atoms with Gasteiger partial charge in [-0.2, -0.15) is 13.2 Å². The summed E-state index contributed by atoms with van der Waals surface area (Å²) in [6.45, 7) is 0.505. The van der Waals surface area contributed by atoms with E-state index in [4.69, 9.17) is 5.11 Å². The first kappa shape index (κ1) is 12.4. The Bertz CT molecular complexity index is 429. The zero-order valence-electron chi connectivity index (χ0n) is 8.21. The van der Waals surface area contributed by atoms with Crippen molar-refractivity contribution < 1.29 is 23.2 Å². The van der Waals surface area contributed by atoms with Gasteiger partial charge in [-0.1, -0.05) is 0 Å². The highest BCUT2D eigenvalue weighted by Gasteiger charge is 2.35. The van der Waals surface area contributed by atoms with E-state index in [0.29, 0.717) is 6.07 Å². The van der Waals surface area contributed by atoms with E-state index in [1.807, 2.05) is 0 Å². The number of aliphatic hydroxyl groups is 1. The Balaban J connectivity index is 3.47. The molecule has 1 rings (SSSR count). The molecule has 0 heterocycles. The van der Waals surface area contributed by atoms with Crippen LogP contribution in [0.3, 0.4) is 0 Å². The maximum atomic E-state index is 12.5. The molecule has 0 saturated heterocycles. The molecule has 0 aliphatic carbocycles. The van der Waals surface area contributed by atoms with Gasteiger partial charge in [-0.25, -0.2) is 0 Å². The monoisotopic (exact) mass is 235 g/mol. The number of hydrogen-bond donors (Lipinski definition) is 1. The van der Waals surface area contributed by atoms with Crippen LogP contribution in [0.5, 0.6) is 0 Å². The number of nitrogens with zero attached hydrogens (tertiary/aromatic N) is 1. The average Bonchev–Trinajstić information content (AvgIpc) is 2.14. The number of aryl methyl sites for hydroxylation is 1. The lowest BCUT2D eigenvalue weighted by Gasteiger charge is -2.12. The number of nitro groups is 1. The summed E-state index contributed by atoms with van der Waals surface area (Å²) in [5.74, 6) is 0. The van der Waals surface area contributed by atoms with Gasteiger partial charge in [0.15, 0.2) is 0 Å². The van der Waals surface area contributed by atoms with E-state index < -0.39 is 29.0 Å². The predicted molar refractivity (Wildman–Crippen MR) is 48.8 cm³/mol. The highest BCUT2D eigenvalue weighted by Crippen LogP contribution is 2.35. The van der Waals surface area contributed by atoms with E-state index in [-0.39, 0.29) is 11.1 Å². The Labute approximate surface area is 88.5 Å². The lowest BCUT2D eigenvalue weighted by Crippen LogP contribution is -2.10. The number of rotatable bonds is 2. The van der Waals surface area contributed by atoms with Crippen LogP contribution in [0.25, 0.3) is 0 Å². The lowest BCUT2D eigenvalue weighted by molar-refractivity contribution is -0.385. The number of halogens is 3. The second-order valence-corrected chi connectivity index (χ2v) is 3.21. The van der Waals surface area contributed by atoms with Gasteiger partial charge in [0.2, 0.25) is 0 Å². The zero-order valence-corrected chi connectivity index (χ0v) is 8.21. The molecule has 0 radical (unpaired) electrons. The fraction of sp³-hybridized carbons (Fsp3) is 0.333. The van der Waals surface area contributed by atoms with Gasteiger partial charge >= 0.3 is 6.18 Å². The highest BCUT2D eigenvalue weighted by molar-refractivity contribution is 5.47. The Morgan fingerprint density at radius 1 is 1.44 bits per heavy atom. The Kier molecular flexibility index (Phi) is 3.18. The third kappa shape index (κ3) is 2.30. The first-order chi connectivity index (χ1) is 7.27. The van der Waals surface area contributed by atoms with Crippen LogP contribution in [-0.4, -0.2) is 10.0 Å². The van der Waals surface area contributed by atoms with E-state index >= 15 is 0 Å². The van der Waals surface area contributed by atoms with Crippen LogP contribution in [0.15, 0.2) is 12.1 Å². The molecule has 16 heavy (non-hydrogen) atoms. The summed E-state index contributed by atoms with van der Waals surface area (Å²) in [6, 6.07) is 1.42. The summed E-state index contributed by atoms with van der Waals surface area (Å²) in [6.07, 6.45) is -4.71. The minimum atomic E-state index is -4.71. The molecule has 0 amide bonds.